The SMILES string of the molecule is CCNC(=NCCc1c[nH]c2cc(C)ccc12)NCCc1ccc(O)c(OC)c1.I. The van der Waals surface area contributed by atoms with Gasteiger partial charge in [-0.1, -0.05) is 18.2 Å². The molecule has 0 radical (unpaired) electrons. The fourth-order valence-corrected chi connectivity index (χ4v) is 3.34. The second kappa shape index (κ2) is 11.7. The first kappa shape index (κ1) is 23.9. The zero-order valence-electron chi connectivity index (χ0n) is 17.8. The Labute approximate surface area is 195 Å². The fourth-order valence-electron chi connectivity index (χ4n) is 3.34. The highest BCUT2D eigenvalue weighted by molar-refractivity contribution is 14.0. The molecule has 1 heterocycles. The molecule has 0 atom stereocenters. The molecule has 3 aromatic rings. The van der Waals surface area contributed by atoms with E-state index in [1.165, 1.54) is 22.0 Å². The lowest BCUT2D eigenvalue weighted by atomic mass is 10.1. The van der Waals surface area contributed by atoms with Crippen molar-refractivity contribution >= 4 is 40.8 Å². The van der Waals surface area contributed by atoms with Crippen molar-refractivity contribution in [1.29, 1.82) is 0 Å². The van der Waals surface area contributed by atoms with Crippen molar-refractivity contribution in [1.82, 2.24) is 15.6 Å². The normalized spacial score (nSPS) is 11.2. The standard InChI is InChI=1S/C23H30N4O2.HI/c1-4-24-23(25-11-9-17-6-8-21(28)22(14-17)29-3)26-12-10-18-15-27-20-13-16(2)5-7-19(18)20;/h5-8,13-15,27-28H,4,9-12H2,1-3H3,(H2,24,25,26);1H. The van der Waals surface area contributed by atoms with E-state index in [9.17, 15) is 5.11 Å². The number of nitrogens with one attached hydrogen (secondary N) is 3. The van der Waals surface area contributed by atoms with Gasteiger partial charge in [0.25, 0.3) is 0 Å². The second-order valence-corrected chi connectivity index (χ2v) is 7.06. The first-order chi connectivity index (χ1) is 14.1. The van der Waals surface area contributed by atoms with Crippen LogP contribution in [0.1, 0.15) is 23.6 Å². The molecule has 7 heteroatoms. The number of aliphatic imine (C=N–C) groups is 1. The number of methoxy groups -OCH3 is 1. The summed E-state index contributed by atoms with van der Waals surface area (Å²) in [5.74, 6) is 1.47. The Morgan fingerprint density at radius 1 is 1.13 bits per heavy atom. The van der Waals surface area contributed by atoms with Crippen LogP contribution in [0.5, 0.6) is 11.5 Å². The molecule has 2 aromatic carbocycles. The Hall–Kier alpha value is -2.42. The predicted molar refractivity (Wildman–Crippen MR) is 134 cm³/mol. The van der Waals surface area contributed by atoms with Gasteiger partial charge >= 0.3 is 0 Å². The third-order valence-electron chi connectivity index (χ3n) is 4.87. The first-order valence-electron chi connectivity index (χ1n) is 10.1. The lowest BCUT2D eigenvalue weighted by Gasteiger charge is -2.12. The van der Waals surface area contributed by atoms with Gasteiger partial charge in [0.2, 0.25) is 0 Å². The number of aryl methyl sites for hydroxylation is 1. The van der Waals surface area contributed by atoms with E-state index >= 15 is 0 Å². The number of benzene rings is 2. The maximum Gasteiger partial charge on any atom is 0.191 e. The van der Waals surface area contributed by atoms with E-state index in [4.69, 9.17) is 9.73 Å². The number of guanidine groups is 1. The molecule has 0 aliphatic rings. The Morgan fingerprint density at radius 3 is 2.73 bits per heavy atom. The van der Waals surface area contributed by atoms with Gasteiger partial charge in [0.15, 0.2) is 17.5 Å². The summed E-state index contributed by atoms with van der Waals surface area (Å²) in [5.41, 5.74) is 4.82. The van der Waals surface area contributed by atoms with E-state index in [1.807, 2.05) is 12.1 Å². The molecular formula is C23H31IN4O2. The third-order valence-corrected chi connectivity index (χ3v) is 4.87. The molecule has 3 rings (SSSR count). The van der Waals surface area contributed by atoms with E-state index in [1.54, 1.807) is 13.2 Å². The highest BCUT2D eigenvalue weighted by Crippen LogP contribution is 2.26. The number of hydrogen-bond acceptors (Lipinski definition) is 3. The van der Waals surface area contributed by atoms with Gasteiger partial charge in [0, 0.05) is 36.7 Å². The number of phenols is 1. The number of H-pyrrole nitrogens is 1. The minimum Gasteiger partial charge on any atom is -0.504 e. The van der Waals surface area contributed by atoms with Crippen LogP contribution in [0, 0.1) is 6.92 Å². The van der Waals surface area contributed by atoms with Crippen molar-refractivity contribution in [3.63, 3.8) is 0 Å². The predicted octanol–water partition coefficient (Wildman–Crippen LogP) is 4.15. The third kappa shape index (κ3) is 6.29. The molecule has 0 saturated carbocycles. The van der Waals surface area contributed by atoms with Crippen LogP contribution in [-0.2, 0) is 12.8 Å². The molecule has 30 heavy (non-hydrogen) atoms. The van der Waals surface area contributed by atoms with Gasteiger partial charge in [-0.05, 0) is 61.6 Å². The number of ether oxygens (including phenoxy) is 1. The summed E-state index contributed by atoms with van der Waals surface area (Å²) in [4.78, 5) is 8.06. The molecule has 0 bridgehead atoms. The zero-order chi connectivity index (χ0) is 20.6. The van der Waals surface area contributed by atoms with Crippen molar-refractivity contribution in [2.75, 3.05) is 26.7 Å². The van der Waals surface area contributed by atoms with Gasteiger partial charge in [-0.2, -0.15) is 0 Å². The Balaban J connectivity index is 0.00000320. The smallest absolute Gasteiger partial charge is 0.191 e. The molecule has 0 unspecified atom stereocenters. The summed E-state index contributed by atoms with van der Waals surface area (Å²) in [6, 6.07) is 11.9. The van der Waals surface area contributed by atoms with Gasteiger partial charge in [0.05, 0.1) is 7.11 Å². The summed E-state index contributed by atoms with van der Waals surface area (Å²) in [6.45, 7) is 6.43. The number of nitrogens with zero attached hydrogens (tertiary/aromatic N) is 1. The van der Waals surface area contributed by atoms with Gasteiger partial charge in [-0.15, -0.1) is 24.0 Å². The van der Waals surface area contributed by atoms with Crippen molar-refractivity contribution in [3.05, 3.63) is 59.3 Å². The van der Waals surface area contributed by atoms with E-state index in [-0.39, 0.29) is 29.7 Å². The topological polar surface area (TPSA) is 81.7 Å². The van der Waals surface area contributed by atoms with Gasteiger partial charge in [0.1, 0.15) is 0 Å². The van der Waals surface area contributed by atoms with Crippen LogP contribution < -0.4 is 15.4 Å². The summed E-state index contributed by atoms with van der Waals surface area (Å²) < 4.78 is 5.17. The summed E-state index contributed by atoms with van der Waals surface area (Å²) in [6.07, 6.45) is 3.77. The number of aromatic hydroxyl groups is 1. The molecule has 1 aromatic heterocycles. The monoisotopic (exact) mass is 522 g/mol. The summed E-state index contributed by atoms with van der Waals surface area (Å²) >= 11 is 0. The quantitative estimate of drug-likeness (QED) is 0.204. The lowest BCUT2D eigenvalue weighted by Crippen LogP contribution is -2.38. The number of halogens is 1. The molecule has 4 N–H and O–H groups in total. The van der Waals surface area contributed by atoms with Gasteiger partial charge < -0.3 is 25.5 Å². The molecule has 0 saturated heterocycles. The van der Waals surface area contributed by atoms with Gasteiger partial charge in [-0.25, -0.2) is 0 Å². The van der Waals surface area contributed by atoms with Crippen LogP contribution in [0.4, 0.5) is 0 Å². The maximum atomic E-state index is 9.70. The molecule has 0 amide bonds. The zero-order valence-corrected chi connectivity index (χ0v) is 20.1. The van der Waals surface area contributed by atoms with Gasteiger partial charge in [-0.3, -0.25) is 4.99 Å². The second-order valence-electron chi connectivity index (χ2n) is 7.06. The van der Waals surface area contributed by atoms with E-state index in [2.05, 4.69) is 53.9 Å². The average Bonchev–Trinajstić information content (AvgIpc) is 3.11. The van der Waals surface area contributed by atoms with Crippen LogP contribution in [0.2, 0.25) is 0 Å². The number of phenolic OH excluding ortho intramolecular Hbond substituents is 1. The van der Waals surface area contributed by atoms with E-state index < -0.39 is 0 Å². The molecule has 0 fully saturated rings. The number of aromatic amines is 1. The average molecular weight is 522 g/mol. The van der Waals surface area contributed by atoms with Crippen LogP contribution in [0.3, 0.4) is 0 Å². The first-order valence-corrected chi connectivity index (χ1v) is 10.1. The van der Waals surface area contributed by atoms with Crippen molar-refractivity contribution in [2.45, 2.75) is 26.7 Å². The number of rotatable bonds is 8. The molecule has 162 valence electrons. The molecule has 0 aliphatic heterocycles. The summed E-state index contributed by atoms with van der Waals surface area (Å²) in [7, 11) is 1.56. The highest BCUT2D eigenvalue weighted by Gasteiger charge is 2.05. The van der Waals surface area contributed by atoms with Crippen molar-refractivity contribution < 1.29 is 9.84 Å². The number of aromatic nitrogens is 1. The Bertz CT molecular complexity index is 984. The van der Waals surface area contributed by atoms with Crippen molar-refractivity contribution in [2.24, 2.45) is 4.99 Å². The minimum atomic E-state index is 0. The Kier molecular flexibility index (Phi) is 9.29. The van der Waals surface area contributed by atoms with E-state index in [0.717, 1.165) is 37.5 Å². The number of hydrogen-bond donors (Lipinski definition) is 4. The minimum absolute atomic E-state index is 0. The molecule has 6 nitrogen and oxygen atoms in total. The van der Waals surface area contributed by atoms with Crippen LogP contribution in [0.25, 0.3) is 10.9 Å². The maximum absolute atomic E-state index is 9.70. The van der Waals surface area contributed by atoms with Crippen LogP contribution in [-0.4, -0.2) is 42.8 Å². The summed E-state index contributed by atoms with van der Waals surface area (Å²) in [5, 5.41) is 17.6. The molecule has 0 aliphatic carbocycles. The Morgan fingerprint density at radius 2 is 1.97 bits per heavy atom. The number of fused-ring (bicyclic) bond motifs is 1. The largest absolute Gasteiger partial charge is 0.504 e. The molecule has 0 spiro atoms. The van der Waals surface area contributed by atoms with E-state index in [0.29, 0.717) is 12.3 Å². The molecular weight excluding hydrogens is 491 g/mol. The van der Waals surface area contributed by atoms with Crippen LogP contribution >= 0.6 is 24.0 Å². The fraction of sp³-hybridized carbons (Fsp3) is 0.348. The highest BCUT2D eigenvalue weighted by atomic mass is 127. The van der Waals surface area contributed by atoms with Crippen LogP contribution in [0.15, 0.2) is 47.6 Å². The van der Waals surface area contributed by atoms with Crippen molar-refractivity contribution in [3.8, 4) is 11.5 Å². The lowest BCUT2D eigenvalue weighted by molar-refractivity contribution is 0.373.